The lowest BCUT2D eigenvalue weighted by atomic mass is 9.82. The van der Waals surface area contributed by atoms with Crippen molar-refractivity contribution in [1.82, 2.24) is 9.80 Å². The third kappa shape index (κ3) is 2.55. The van der Waals surface area contributed by atoms with Crippen molar-refractivity contribution in [3.63, 3.8) is 0 Å². The van der Waals surface area contributed by atoms with Crippen molar-refractivity contribution in [2.24, 2.45) is 0 Å². The number of amides is 4. The molecule has 182 valence electrons. The minimum Gasteiger partial charge on any atom is -0.275 e. The highest BCUT2D eigenvalue weighted by Crippen LogP contribution is 2.46. The topological polar surface area (TPSA) is 74.8 Å². The number of hydrogen-bond donors (Lipinski definition) is 0. The van der Waals surface area contributed by atoms with Crippen molar-refractivity contribution in [2.45, 2.75) is 39.7 Å². The number of hydrogen-bond acceptors (Lipinski definition) is 4. The summed E-state index contributed by atoms with van der Waals surface area (Å²) in [6.07, 6.45) is 1.63. The Hall–Kier alpha value is -4.32. The van der Waals surface area contributed by atoms with E-state index in [4.69, 9.17) is 0 Å². The fourth-order valence-corrected chi connectivity index (χ4v) is 6.57. The Morgan fingerprint density at radius 1 is 0.568 bits per heavy atom. The molecule has 0 saturated heterocycles. The number of imide groups is 2. The molecule has 5 aromatic carbocycles. The summed E-state index contributed by atoms with van der Waals surface area (Å²) in [5, 5.41) is 6.72. The van der Waals surface area contributed by atoms with E-state index >= 15 is 0 Å². The van der Waals surface area contributed by atoms with Crippen molar-refractivity contribution >= 4 is 66.7 Å². The van der Waals surface area contributed by atoms with Gasteiger partial charge in [-0.15, -0.1) is 0 Å². The molecular formula is C31H24N2O4. The van der Waals surface area contributed by atoms with Gasteiger partial charge in [0.2, 0.25) is 0 Å². The number of fused-ring (bicyclic) bond motifs is 2. The van der Waals surface area contributed by atoms with Crippen LogP contribution in [0.1, 0.15) is 75.0 Å². The molecule has 4 amide bonds. The number of carbonyl (C=O) groups is 4. The van der Waals surface area contributed by atoms with Gasteiger partial charge < -0.3 is 0 Å². The van der Waals surface area contributed by atoms with Crippen molar-refractivity contribution in [1.29, 1.82) is 0 Å². The molecule has 2 heterocycles. The number of benzene rings is 5. The maximum Gasteiger partial charge on any atom is 0.261 e. The summed E-state index contributed by atoms with van der Waals surface area (Å²) in [6.45, 7) is 6.08. The van der Waals surface area contributed by atoms with Crippen LogP contribution in [0.3, 0.4) is 0 Å². The zero-order valence-corrected chi connectivity index (χ0v) is 20.8. The van der Waals surface area contributed by atoms with Crippen LogP contribution < -0.4 is 0 Å². The van der Waals surface area contributed by atoms with Crippen LogP contribution in [0.25, 0.3) is 43.1 Å². The molecule has 37 heavy (non-hydrogen) atoms. The van der Waals surface area contributed by atoms with Gasteiger partial charge in [0.05, 0.1) is 0 Å². The third-order valence-corrected chi connectivity index (χ3v) is 8.21. The Bertz CT molecular complexity index is 1770. The van der Waals surface area contributed by atoms with Gasteiger partial charge in [-0.25, -0.2) is 0 Å². The monoisotopic (exact) mass is 488 g/mol. The normalized spacial score (nSPS) is 16.3. The summed E-state index contributed by atoms with van der Waals surface area (Å²) in [4.78, 5) is 56.2. The van der Waals surface area contributed by atoms with Crippen LogP contribution in [0.2, 0.25) is 0 Å². The van der Waals surface area contributed by atoms with Crippen LogP contribution in [0.15, 0.2) is 48.5 Å². The average Bonchev–Trinajstić information content (AvgIpc) is 2.90. The van der Waals surface area contributed by atoms with Crippen LogP contribution in [0.5, 0.6) is 0 Å². The fraction of sp³-hybridized carbons (Fsp3) is 0.226. The predicted molar refractivity (Wildman–Crippen MR) is 144 cm³/mol. The summed E-state index contributed by atoms with van der Waals surface area (Å²) in [7, 11) is 0. The van der Waals surface area contributed by atoms with Gasteiger partial charge in [-0.3, -0.25) is 29.0 Å². The molecule has 0 bridgehead atoms. The Kier molecular flexibility index (Phi) is 4.36. The molecule has 2 aliphatic heterocycles. The van der Waals surface area contributed by atoms with E-state index in [0.29, 0.717) is 39.6 Å². The quantitative estimate of drug-likeness (QED) is 0.173. The molecule has 0 saturated carbocycles. The second-order valence-electron chi connectivity index (χ2n) is 10.1. The molecule has 1 unspecified atom stereocenters. The Morgan fingerprint density at radius 2 is 0.946 bits per heavy atom. The molecule has 6 heteroatoms. The van der Waals surface area contributed by atoms with Crippen molar-refractivity contribution in [2.75, 3.05) is 6.54 Å². The van der Waals surface area contributed by atoms with Gasteiger partial charge in [0.15, 0.2) is 0 Å². The maximum atomic E-state index is 13.6. The van der Waals surface area contributed by atoms with Crippen LogP contribution in [-0.4, -0.2) is 46.0 Å². The molecule has 0 aromatic heterocycles. The summed E-state index contributed by atoms with van der Waals surface area (Å²) in [6, 6.07) is 14.8. The first-order valence-electron chi connectivity index (χ1n) is 12.8. The zero-order chi connectivity index (χ0) is 25.7. The maximum absolute atomic E-state index is 13.6. The van der Waals surface area contributed by atoms with E-state index in [2.05, 4.69) is 0 Å². The van der Waals surface area contributed by atoms with E-state index < -0.39 is 0 Å². The Balaban J connectivity index is 1.61. The molecule has 0 fully saturated rings. The van der Waals surface area contributed by atoms with Crippen LogP contribution in [-0.2, 0) is 0 Å². The van der Waals surface area contributed by atoms with E-state index in [0.717, 1.165) is 45.2 Å². The SMILES string of the molecule is CCCC(C)N1C(=O)c2ccc3c4ccc5c6c(ccc(c7ccc(c2c37)C1=O)c64)C(=O)N(CC)C5=O. The molecule has 5 aromatic rings. The summed E-state index contributed by atoms with van der Waals surface area (Å²) in [5.74, 6) is -1.07. The first-order valence-corrected chi connectivity index (χ1v) is 12.8. The van der Waals surface area contributed by atoms with E-state index in [-0.39, 0.29) is 29.7 Å². The summed E-state index contributed by atoms with van der Waals surface area (Å²) >= 11 is 0. The molecule has 1 atom stereocenters. The number of carbonyl (C=O) groups excluding carboxylic acids is 4. The van der Waals surface area contributed by atoms with E-state index in [1.807, 2.05) is 50.2 Å². The largest absolute Gasteiger partial charge is 0.275 e. The minimum atomic E-state index is -0.280. The molecule has 7 rings (SSSR count). The highest BCUT2D eigenvalue weighted by atomic mass is 16.2. The molecule has 0 radical (unpaired) electrons. The van der Waals surface area contributed by atoms with Crippen LogP contribution >= 0.6 is 0 Å². The average molecular weight is 489 g/mol. The Morgan fingerprint density at radius 3 is 1.30 bits per heavy atom. The minimum absolute atomic E-state index is 0.185. The lowest BCUT2D eigenvalue weighted by Crippen LogP contribution is -2.45. The smallest absolute Gasteiger partial charge is 0.261 e. The van der Waals surface area contributed by atoms with E-state index in [1.54, 1.807) is 19.1 Å². The van der Waals surface area contributed by atoms with Gasteiger partial charge in [0.25, 0.3) is 23.6 Å². The fourth-order valence-electron chi connectivity index (χ4n) is 6.57. The predicted octanol–water partition coefficient (Wildman–Crippen LogP) is 6.14. The Labute approximate surface area is 212 Å². The summed E-state index contributed by atoms with van der Waals surface area (Å²) in [5.41, 5.74) is 2.13. The standard InChI is InChI=1S/C31H24N2O4/c1-4-6-15(3)33-30(36)22-13-9-18-16-7-11-20-26-21(29(35)32(5-2)28(20)34)12-8-17(24(16)26)19-10-14-23(31(33)37)27(22)25(18)19/h7-15H,4-6H2,1-3H3. The van der Waals surface area contributed by atoms with Gasteiger partial charge in [-0.2, -0.15) is 0 Å². The van der Waals surface area contributed by atoms with Crippen molar-refractivity contribution < 1.29 is 19.2 Å². The summed E-state index contributed by atoms with van der Waals surface area (Å²) < 4.78 is 0. The lowest BCUT2D eigenvalue weighted by molar-refractivity contribution is 0.0541. The van der Waals surface area contributed by atoms with Crippen molar-refractivity contribution in [3.05, 3.63) is 70.8 Å². The molecule has 2 aliphatic rings. The van der Waals surface area contributed by atoms with Gasteiger partial charge in [-0.05, 0) is 76.9 Å². The van der Waals surface area contributed by atoms with Gasteiger partial charge >= 0.3 is 0 Å². The van der Waals surface area contributed by atoms with Gasteiger partial charge in [-0.1, -0.05) is 37.6 Å². The molecule has 0 N–H and O–H groups in total. The number of nitrogens with zero attached hydrogens (tertiary/aromatic N) is 2. The second kappa shape index (κ2) is 7.35. The third-order valence-electron chi connectivity index (χ3n) is 8.21. The molecule has 0 aliphatic carbocycles. The first-order chi connectivity index (χ1) is 17.9. The zero-order valence-electron chi connectivity index (χ0n) is 20.8. The molecular weight excluding hydrogens is 464 g/mol. The second-order valence-corrected chi connectivity index (χ2v) is 10.1. The van der Waals surface area contributed by atoms with E-state index in [9.17, 15) is 19.2 Å². The van der Waals surface area contributed by atoms with Crippen LogP contribution in [0, 0.1) is 0 Å². The van der Waals surface area contributed by atoms with Crippen molar-refractivity contribution in [3.8, 4) is 0 Å². The highest BCUT2D eigenvalue weighted by Gasteiger charge is 2.37. The highest BCUT2D eigenvalue weighted by molar-refractivity contribution is 6.41. The van der Waals surface area contributed by atoms with Crippen LogP contribution in [0.4, 0.5) is 0 Å². The van der Waals surface area contributed by atoms with Gasteiger partial charge in [0, 0.05) is 45.6 Å². The first kappa shape index (κ1) is 21.9. The van der Waals surface area contributed by atoms with E-state index in [1.165, 1.54) is 9.80 Å². The molecule has 0 spiro atoms. The lowest BCUT2D eigenvalue weighted by Gasteiger charge is -2.33. The van der Waals surface area contributed by atoms with Gasteiger partial charge in [0.1, 0.15) is 0 Å². The number of rotatable bonds is 4. The molecule has 6 nitrogen and oxygen atoms in total.